The fourth-order valence-electron chi connectivity index (χ4n) is 4.03. The number of carbonyl (C=O) groups excluding carboxylic acids is 2. The summed E-state index contributed by atoms with van der Waals surface area (Å²) >= 11 is 0. The molecule has 1 aliphatic heterocycles. The second-order valence-corrected chi connectivity index (χ2v) is 9.87. The maximum absolute atomic E-state index is 13.3. The number of sulfonamides is 1. The molecule has 2 amide bonds. The summed E-state index contributed by atoms with van der Waals surface area (Å²) in [6.07, 6.45) is 0. The molecule has 35 heavy (non-hydrogen) atoms. The Morgan fingerprint density at radius 1 is 0.914 bits per heavy atom. The summed E-state index contributed by atoms with van der Waals surface area (Å²) in [4.78, 5) is 27.0. The minimum absolute atomic E-state index is 0.0229. The van der Waals surface area contributed by atoms with Crippen molar-refractivity contribution in [1.29, 1.82) is 0 Å². The van der Waals surface area contributed by atoms with Crippen LogP contribution in [0.15, 0.2) is 83.8 Å². The third-order valence-electron chi connectivity index (χ3n) is 5.94. The molecular formula is C25H25N3O6S. The Morgan fingerprint density at radius 2 is 1.54 bits per heavy atom. The van der Waals surface area contributed by atoms with Gasteiger partial charge in [-0.3, -0.25) is 14.8 Å². The Labute approximate surface area is 203 Å². The summed E-state index contributed by atoms with van der Waals surface area (Å²) in [5, 5.41) is 9.25. The van der Waals surface area contributed by atoms with E-state index in [1.54, 1.807) is 12.1 Å². The molecule has 1 heterocycles. The third kappa shape index (κ3) is 5.04. The molecule has 3 aromatic rings. The number of carbonyl (C=O) groups is 2. The summed E-state index contributed by atoms with van der Waals surface area (Å²) < 4.78 is 32.6. The van der Waals surface area contributed by atoms with E-state index in [9.17, 15) is 23.2 Å². The second kappa shape index (κ2) is 10.3. The molecule has 10 heteroatoms. The van der Waals surface area contributed by atoms with Crippen molar-refractivity contribution in [3.8, 4) is 16.9 Å². The summed E-state index contributed by atoms with van der Waals surface area (Å²) in [6, 6.07) is 21.3. The van der Waals surface area contributed by atoms with Crippen molar-refractivity contribution in [3.05, 3.63) is 84.4 Å². The first-order valence-electron chi connectivity index (χ1n) is 10.9. The van der Waals surface area contributed by atoms with Gasteiger partial charge in [0, 0.05) is 25.2 Å². The first-order chi connectivity index (χ1) is 16.8. The molecule has 3 aromatic carbocycles. The molecule has 0 saturated carbocycles. The molecule has 1 saturated heterocycles. The lowest BCUT2D eigenvalue weighted by atomic mass is 10.0. The number of hydroxylamine groups is 1. The van der Waals surface area contributed by atoms with Crippen molar-refractivity contribution in [2.75, 3.05) is 26.7 Å². The highest BCUT2D eigenvalue weighted by atomic mass is 32.2. The monoisotopic (exact) mass is 495 g/mol. The third-order valence-corrected chi connectivity index (χ3v) is 7.86. The molecule has 9 nitrogen and oxygen atoms in total. The fraction of sp³-hybridized carbons (Fsp3) is 0.200. The highest BCUT2D eigenvalue weighted by Gasteiger charge is 2.41. The summed E-state index contributed by atoms with van der Waals surface area (Å²) in [7, 11) is -2.60. The number of methoxy groups -OCH3 is 1. The van der Waals surface area contributed by atoms with Gasteiger partial charge in [0.15, 0.2) is 0 Å². The van der Waals surface area contributed by atoms with Crippen molar-refractivity contribution in [3.63, 3.8) is 0 Å². The van der Waals surface area contributed by atoms with Crippen LogP contribution in [0.2, 0.25) is 0 Å². The van der Waals surface area contributed by atoms with Crippen LogP contribution in [-0.4, -0.2) is 67.4 Å². The van der Waals surface area contributed by atoms with E-state index in [0.29, 0.717) is 11.3 Å². The Balaban J connectivity index is 1.54. The number of hydrogen-bond donors (Lipinski definition) is 2. The van der Waals surface area contributed by atoms with Crippen molar-refractivity contribution in [2.24, 2.45) is 0 Å². The van der Waals surface area contributed by atoms with E-state index in [4.69, 9.17) is 4.74 Å². The van der Waals surface area contributed by atoms with E-state index in [2.05, 4.69) is 0 Å². The van der Waals surface area contributed by atoms with Crippen LogP contribution in [0.1, 0.15) is 10.4 Å². The van der Waals surface area contributed by atoms with Crippen LogP contribution in [-0.2, 0) is 14.8 Å². The highest BCUT2D eigenvalue weighted by Crippen LogP contribution is 2.25. The minimum atomic E-state index is -4.07. The van der Waals surface area contributed by atoms with Crippen LogP contribution in [0.25, 0.3) is 11.1 Å². The van der Waals surface area contributed by atoms with Crippen LogP contribution < -0.4 is 10.2 Å². The number of rotatable bonds is 6. The molecule has 1 aliphatic rings. The van der Waals surface area contributed by atoms with Gasteiger partial charge in [-0.15, -0.1) is 0 Å². The zero-order valence-corrected chi connectivity index (χ0v) is 19.8. The lowest BCUT2D eigenvalue weighted by Crippen LogP contribution is -2.61. The molecule has 0 radical (unpaired) electrons. The molecule has 1 atom stereocenters. The zero-order valence-electron chi connectivity index (χ0n) is 19.0. The normalized spacial score (nSPS) is 16.5. The van der Waals surface area contributed by atoms with Gasteiger partial charge in [0.25, 0.3) is 11.8 Å². The van der Waals surface area contributed by atoms with Gasteiger partial charge in [-0.2, -0.15) is 4.31 Å². The maximum Gasteiger partial charge on any atom is 0.263 e. The number of nitrogens with zero attached hydrogens (tertiary/aromatic N) is 2. The van der Waals surface area contributed by atoms with Gasteiger partial charge in [0.2, 0.25) is 10.0 Å². The van der Waals surface area contributed by atoms with Gasteiger partial charge in [0.1, 0.15) is 11.8 Å². The molecule has 0 unspecified atom stereocenters. The largest absolute Gasteiger partial charge is 0.497 e. The first-order valence-corrected chi connectivity index (χ1v) is 12.3. The molecule has 2 N–H and O–H groups in total. The Bertz CT molecular complexity index is 1300. The SMILES string of the molecule is COc1ccc(S(=O)(=O)N2CCN(C(=O)c3ccc(-c4ccccc4)cc3)C[C@@H]2C(=O)NO)cc1. The molecule has 0 aromatic heterocycles. The Morgan fingerprint density at radius 3 is 2.14 bits per heavy atom. The maximum atomic E-state index is 13.3. The van der Waals surface area contributed by atoms with Gasteiger partial charge in [0.05, 0.1) is 12.0 Å². The van der Waals surface area contributed by atoms with Gasteiger partial charge in [-0.25, -0.2) is 13.9 Å². The summed E-state index contributed by atoms with van der Waals surface area (Å²) in [5.41, 5.74) is 3.92. The van der Waals surface area contributed by atoms with E-state index >= 15 is 0 Å². The number of piperazine rings is 1. The molecular weight excluding hydrogens is 470 g/mol. The van der Waals surface area contributed by atoms with Crippen molar-refractivity contribution in [2.45, 2.75) is 10.9 Å². The van der Waals surface area contributed by atoms with Crippen LogP contribution in [0.5, 0.6) is 5.75 Å². The topological polar surface area (TPSA) is 116 Å². The number of nitrogens with one attached hydrogen (secondary N) is 1. The molecule has 4 rings (SSSR count). The Hall–Kier alpha value is -3.73. The van der Waals surface area contributed by atoms with Gasteiger partial charge >= 0.3 is 0 Å². The van der Waals surface area contributed by atoms with Crippen molar-refractivity contribution >= 4 is 21.8 Å². The molecule has 0 bridgehead atoms. The molecule has 0 spiro atoms. The lowest BCUT2D eigenvalue weighted by Gasteiger charge is -2.39. The first kappa shape index (κ1) is 24.4. The fourth-order valence-corrected chi connectivity index (χ4v) is 5.60. The van der Waals surface area contributed by atoms with Crippen LogP contribution in [0.3, 0.4) is 0 Å². The standard InChI is InChI=1S/C25H25N3O6S/c1-34-21-11-13-22(14-12-21)35(32,33)28-16-15-27(17-23(28)24(29)26-31)25(30)20-9-7-19(8-10-20)18-5-3-2-4-6-18/h2-14,23,31H,15-17H2,1H3,(H,26,29)/t23-/m1/s1. The van der Waals surface area contributed by atoms with Crippen LogP contribution in [0.4, 0.5) is 0 Å². The van der Waals surface area contributed by atoms with Gasteiger partial charge in [-0.1, -0.05) is 42.5 Å². The van der Waals surface area contributed by atoms with Crippen LogP contribution >= 0.6 is 0 Å². The van der Waals surface area contributed by atoms with Gasteiger partial charge < -0.3 is 9.64 Å². The highest BCUT2D eigenvalue weighted by molar-refractivity contribution is 7.89. The van der Waals surface area contributed by atoms with E-state index in [-0.39, 0.29) is 30.4 Å². The van der Waals surface area contributed by atoms with E-state index in [0.717, 1.165) is 15.4 Å². The van der Waals surface area contributed by atoms with Crippen molar-refractivity contribution in [1.82, 2.24) is 14.7 Å². The smallest absolute Gasteiger partial charge is 0.263 e. The number of benzene rings is 3. The zero-order chi connectivity index (χ0) is 25.0. The number of amides is 2. The van der Waals surface area contributed by atoms with Gasteiger partial charge in [-0.05, 0) is 47.5 Å². The van der Waals surface area contributed by atoms with Crippen molar-refractivity contribution < 1.29 is 28.0 Å². The van der Waals surface area contributed by atoms with E-state index in [1.807, 2.05) is 42.5 Å². The van der Waals surface area contributed by atoms with E-state index in [1.165, 1.54) is 41.8 Å². The summed E-state index contributed by atoms with van der Waals surface area (Å²) in [6.45, 7) is -0.231. The average molecular weight is 496 g/mol. The minimum Gasteiger partial charge on any atom is -0.497 e. The lowest BCUT2D eigenvalue weighted by molar-refractivity contribution is -0.134. The Kier molecular flexibility index (Phi) is 7.15. The van der Waals surface area contributed by atoms with E-state index < -0.39 is 22.0 Å². The molecule has 182 valence electrons. The number of ether oxygens (including phenoxy) is 1. The predicted molar refractivity (Wildman–Crippen MR) is 128 cm³/mol. The summed E-state index contributed by atoms with van der Waals surface area (Å²) in [5.74, 6) is -0.761. The molecule has 1 fully saturated rings. The predicted octanol–water partition coefficient (Wildman–Crippen LogP) is 2.38. The average Bonchev–Trinajstić information content (AvgIpc) is 2.92. The van der Waals surface area contributed by atoms with Crippen LogP contribution in [0, 0.1) is 0 Å². The number of hydrogen-bond acceptors (Lipinski definition) is 6. The quantitative estimate of drug-likeness (QED) is 0.401. The molecule has 0 aliphatic carbocycles. The second-order valence-electron chi connectivity index (χ2n) is 7.98.